The van der Waals surface area contributed by atoms with Gasteiger partial charge in [-0.25, -0.2) is 0 Å². The molecule has 4 nitrogen and oxygen atoms in total. The third-order valence-electron chi connectivity index (χ3n) is 3.66. The van der Waals surface area contributed by atoms with E-state index in [9.17, 15) is 14.7 Å². The van der Waals surface area contributed by atoms with Gasteiger partial charge in [-0.1, -0.05) is 42.0 Å². The zero-order valence-corrected chi connectivity index (χ0v) is 11.5. The number of rotatable bonds is 4. The van der Waals surface area contributed by atoms with E-state index in [1.165, 1.54) is 0 Å². The third kappa shape index (κ3) is 3.47. The number of allylic oxidation sites excluding steroid dienone is 2. The van der Waals surface area contributed by atoms with Gasteiger partial charge in [-0.2, -0.15) is 0 Å². The predicted octanol–water partition coefficient (Wildman–Crippen LogP) is 0.944. The first-order valence-electron chi connectivity index (χ1n) is 6.77. The number of carbonyl (C=O) groups excluding carboxylic acids is 2. The minimum atomic E-state index is -1.15. The quantitative estimate of drug-likeness (QED) is 0.829. The summed E-state index contributed by atoms with van der Waals surface area (Å²) < 4.78 is 0. The second-order valence-corrected chi connectivity index (χ2v) is 5.18. The third-order valence-corrected chi connectivity index (χ3v) is 3.66. The van der Waals surface area contributed by atoms with Gasteiger partial charge >= 0.3 is 0 Å². The summed E-state index contributed by atoms with van der Waals surface area (Å²) in [5.74, 6) is -2.62. The van der Waals surface area contributed by atoms with Crippen LogP contribution in [0.3, 0.4) is 0 Å². The van der Waals surface area contributed by atoms with Crippen LogP contribution in [-0.2, 0) is 16.1 Å². The summed E-state index contributed by atoms with van der Waals surface area (Å²) in [6.45, 7) is 2.42. The van der Waals surface area contributed by atoms with E-state index in [0.717, 1.165) is 11.1 Å². The van der Waals surface area contributed by atoms with Crippen molar-refractivity contribution in [2.75, 3.05) is 0 Å². The highest BCUT2D eigenvalue weighted by Gasteiger charge is 2.29. The van der Waals surface area contributed by atoms with Gasteiger partial charge in [0, 0.05) is 24.3 Å². The molecule has 4 heteroatoms. The van der Waals surface area contributed by atoms with Crippen molar-refractivity contribution in [2.24, 2.45) is 11.8 Å². The van der Waals surface area contributed by atoms with Crippen molar-refractivity contribution < 1.29 is 14.7 Å². The monoisotopic (exact) mass is 272 g/mol. The average Bonchev–Trinajstić information content (AvgIpc) is 2.46. The first-order valence-corrected chi connectivity index (χ1v) is 6.77. The molecule has 0 unspecified atom stereocenters. The van der Waals surface area contributed by atoms with Crippen LogP contribution in [0, 0.1) is 18.8 Å². The molecule has 0 heterocycles. The van der Waals surface area contributed by atoms with Crippen LogP contribution in [0.5, 0.6) is 0 Å². The van der Waals surface area contributed by atoms with E-state index in [2.05, 4.69) is 5.32 Å². The standard InChI is InChI=1S/C16H19NO3/c1-11-6-8-12(9-7-11)10-17-15(18)13-4-2-3-5-14(13)16(19)20/h2-3,6-9,13-14H,4-5,10H2,1H3,(H,17,18)(H,19,20)/p-1/t13-,14-/m0/s1. The summed E-state index contributed by atoms with van der Waals surface area (Å²) in [5, 5.41) is 13.9. The first kappa shape index (κ1) is 14.3. The molecule has 1 aromatic carbocycles. The molecule has 1 amide bonds. The Bertz CT molecular complexity index is 519. The first-order chi connectivity index (χ1) is 9.58. The molecule has 0 aliphatic heterocycles. The van der Waals surface area contributed by atoms with Gasteiger partial charge in [-0.3, -0.25) is 4.79 Å². The molecule has 0 saturated heterocycles. The Morgan fingerprint density at radius 2 is 1.75 bits per heavy atom. The molecule has 0 spiro atoms. The lowest BCUT2D eigenvalue weighted by molar-refractivity contribution is -0.313. The number of aliphatic carboxylic acids is 1. The van der Waals surface area contributed by atoms with Crippen molar-refractivity contribution in [1.82, 2.24) is 5.32 Å². The molecule has 0 fully saturated rings. The molecular weight excluding hydrogens is 254 g/mol. The summed E-state index contributed by atoms with van der Waals surface area (Å²) in [4.78, 5) is 23.2. The number of aryl methyl sites for hydroxylation is 1. The van der Waals surface area contributed by atoms with E-state index in [1.54, 1.807) is 6.08 Å². The maximum atomic E-state index is 12.1. The van der Waals surface area contributed by atoms with E-state index >= 15 is 0 Å². The summed E-state index contributed by atoms with van der Waals surface area (Å²) in [6, 6.07) is 7.86. The van der Waals surface area contributed by atoms with Gasteiger partial charge in [0.1, 0.15) is 0 Å². The Labute approximate surface area is 118 Å². The lowest BCUT2D eigenvalue weighted by Gasteiger charge is -2.28. The molecule has 0 bridgehead atoms. The minimum absolute atomic E-state index is 0.218. The Balaban J connectivity index is 1.95. The van der Waals surface area contributed by atoms with Crippen molar-refractivity contribution in [2.45, 2.75) is 26.3 Å². The average molecular weight is 272 g/mol. The van der Waals surface area contributed by atoms with Crippen LogP contribution in [0.4, 0.5) is 0 Å². The number of hydrogen-bond acceptors (Lipinski definition) is 3. The normalized spacial score (nSPS) is 21.4. The maximum Gasteiger partial charge on any atom is 0.224 e. The lowest BCUT2D eigenvalue weighted by atomic mass is 9.82. The number of carbonyl (C=O) groups is 2. The van der Waals surface area contributed by atoms with Crippen molar-refractivity contribution in [3.8, 4) is 0 Å². The lowest BCUT2D eigenvalue weighted by Crippen LogP contribution is -2.43. The second kappa shape index (κ2) is 6.37. The van der Waals surface area contributed by atoms with Gasteiger partial charge in [0.25, 0.3) is 0 Å². The molecule has 1 aliphatic carbocycles. The van der Waals surface area contributed by atoms with E-state index in [0.29, 0.717) is 19.4 Å². The summed E-state index contributed by atoms with van der Waals surface area (Å²) in [7, 11) is 0. The maximum absolute atomic E-state index is 12.1. The number of nitrogens with one attached hydrogen (secondary N) is 1. The zero-order chi connectivity index (χ0) is 14.5. The van der Waals surface area contributed by atoms with Gasteiger partial charge < -0.3 is 15.2 Å². The molecule has 0 saturated carbocycles. The number of benzene rings is 1. The fraction of sp³-hybridized carbons (Fsp3) is 0.375. The van der Waals surface area contributed by atoms with Crippen LogP contribution >= 0.6 is 0 Å². The largest absolute Gasteiger partial charge is 0.550 e. The van der Waals surface area contributed by atoms with Gasteiger partial charge in [0.15, 0.2) is 0 Å². The molecule has 2 atom stereocenters. The van der Waals surface area contributed by atoms with E-state index in [-0.39, 0.29) is 5.91 Å². The zero-order valence-electron chi connectivity index (χ0n) is 11.5. The number of carboxylic acid groups (broad SMARTS) is 1. The fourth-order valence-electron chi connectivity index (χ4n) is 2.39. The smallest absolute Gasteiger partial charge is 0.224 e. The van der Waals surface area contributed by atoms with E-state index < -0.39 is 17.8 Å². The van der Waals surface area contributed by atoms with Crippen LogP contribution in [0.25, 0.3) is 0 Å². The number of amides is 1. The topological polar surface area (TPSA) is 69.2 Å². The van der Waals surface area contributed by atoms with Crippen LogP contribution in [0.2, 0.25) is 0 Å². The SMILES string of the molecule is Cc1ccc(CNC(=O)[C@H]2CC=CC[C@@H]2C(=O)[O-])cc1. The highest BCUT2D eigenvalue weighted by Crippen LogP contribution is 2.25. The molecule has 1 N–H and O–H groups in total. The predicted molar refractivity (Wildman–Crippen MR) is 73.4 cm³/mol. The Morgan fingerprint density at radius 1 is 1.15 bits per heavy atom. The van der Waals surface area contributed by atoms with Gasteiger partial charge in [0.05, 0.1) is 0 Å². The van der Waals surface area contributed by atoms with Crippen LogP contribution in [0.1, 0.15) is 24.0 Å². The van der Waals surface area contributed by atoms with Crippen LogP contribution in [0.15, 0.2) is 36.4 Å². The number of hydrogen-bond donors (Lipinski definition) is 1. The molecule has 1 aromatic rings. The van der Waals surface area contributed by atoms with Crippen molar-refractivity contribution in [3.63, 3.8) is 0 Å². The molecule has 1 aliphatic rings. The van der Waals surface area contributed by atoms with Gasteiger partial charge in [-0.05, 0) is 25.3 Å². The van der Waals surface area contributed by atoms with Gasteiger partial charge in [0.2, 0.25) is 5.91 Å². The highest BCUT2D eigenvalue weighted by atomic mass is 16.4. The van der Waals surface area contributed by atoms with Crippen LogP contribution < -0.4 is 10.4 Å². The molecule has 2 rings (SSSR count). The molecular formula is C16H18NO3-. The van der Waals surface area contributed by atoms with Crippen molar-refractivity contribution in [3.05, 3.63) is 47.5 Å². The molecule has 0 aromatic heterocycles. The fourth-order valence-corrected chi connectivity index (χ4v) is 2.39. The van der Waals surface area contributed by atoms with Crippen molar-refractivity contribution >= 4 is 11.9 Å². The van der Waals surface area contributed by atoms with Gasteiger partial charge in [-0.15, -0.1) is 0 Å². The van der Waals surface area contributed by atoms with Crippen molar-refractivity contribution in [1.29, 1.82) is 0 Å². The van der Waals surface area contributed by atoms with E-state index in [4.69, 9.17) is 0 Å². The van der Waals surface area contributed by atoms with E-state index in [1.807, 2.05) is 37.3 Å². The number of carboxylic acids is 1. The summed E-state index contributed by atoms with van der Waals surface area (Å²) in [6.07, 6.45) is 4.48. The molecule has 0 radical (unpaired) electrons. The van der Waals surface area contributed by atoms with Crippen LogP contribution in [-0.4, -0.2) is 11.9 Å². The second-order valence-electron chi connectivity index (χ2n) is 5.18. The Kier molecular flexibility index (Phi) is 4.56. The Morgan fingerprint density at radius 3 is 2.35 bits per heavy atom. The highest BCUT2D eigenvalue weighted by molar-refractivity contribution is 5.84. The molecule has 106 valence electrons. The summed E-state index contributed by atoms with van der Waals surface area (Å²) in [5.41, 5.74) is 2.16. The summed E-state index contributed by atoms with van der Waals surface area (Å²) >= 11 is 0. The molecule has 20 heavy (non-hydrogen) atoms. The minimum Gasteiger partial charge on any atom is -0.550 e. The Hall–Kier alpha value is -2.10.